The molecule has 1 saturated heterocycles. The van der Waals surface area contributed by atoms with E-state index in [1.807, 2.05) is 0 Å². The van der Waals surface area contributed by atoms with Crippen LogP contribution in [0.15, 0.2) is 27.8 Å². The highest BCUT2D eigenvalue weighted by molar-refractivity contribution is 7.89. The Balaban J connectivity index is 1.68. The van der Waals surface area contributed by atoms with Crippen molar-refractivity contribution >= 4 is 21.2 Å². The normalized spacial score (nSPS) is 22.8. The van der Waals surface area contributed by atoms with Crippen molar-refractivity contribution in [2.45, 2.75) is 56.1 Å². The van der Waals surface area contributed by atoms with E-state index in [1.165, 1.54) is 6.20 Å². The quantitative estimate of drug-likeness (QED) is 0.579. The molecule has 0 aromatic carbocycles. The Kier molecular flexibility index (Phi) is 4.74. The molecule has 0 unspecified atom stereocenters. The van der Waals surface area contributed by atoms with Crippen LogP contribution in [-0.4, -0.2) is 58.7 Å². The Labute approximate surface area is 185 Å². The van der Waals surface area contributed by atoms with Gasteiger partial charge >= 0.3 is 0 Å². The summed E-state index contributed by atoms with van der Waals surface area (Å²) in [6.45, 7) is 7.28. The summed E-state index contributed by atoms with van der Waals surface area (Å²) in [5, 5.41) is 20.8. The van der Waals surface area contributed by atoms with Crippen LogP contribution in [0.5, 0.6) is 0 Å². The Morgan fingerprint density at radius 1 is 1.28 bits per heavy atom. The van der Waals surface area contributed by atoms with Gasteiger partial charge in [-0.15, -0.1) is 10.2 Å². The summed E-state index contributed by atoms with van der Waals surface area (Å²) in [5.41, 5.74) is 0.454. The smallest absolute Gasteiger partial charge is 0.284 e. The molecule has 4 heterocycles. The molecule has 1 aliphatic carbocycles. The minimum absolute atomic E-state index is 0.0517. The fraction of sp³-hybridized carbons (Fsp3) is 0.500. The number of pyridine rings is 1. The van der Waals surface area contributed by atoms with Crippen molar-refractivity contribution in [3.8, 4) is 17.8 Å². The minimum atomic E-state index is -3.95. The number of hydrogen-bond acceptors (Lipinski definition) is 9. The van der Waals surface area contributed by atoms with Crippen LogP contribution in [0.3, 0.4) is 0 Å². The van der Waals surface area contributed by atoms with E-state index in [0.29, 0.717) is 37.6 Å². The number of aryl methyl sites for hydroxylation is 1. The zero-order valence-corrected chi connectivity index (χ0v) is 18.8. The minimum Gasteiger partial charge on any atom is -0.419 e. The van der Waals surface area contributed by atoms with Gasteiger partial charge in [-0.3, -0.25) is 4.40 Å². The average Bonchev–Trinajstić information content (AvgIpc) is 3.15. The molecule has 0 amide bonds. The van der Waals surface area contributed by atoms with Crippen molar-refractivity contribution in [3.05, 3.63) is 24.4 Å². The van der Waals surface area contributed by atoms with Crippen LogP contribution < -0.4 is 14.9 Å². The van der Waals surface area contributed by atoms with E-state index >= 15 is 0 Å². The predicted molar refractivity (Wildman–Crippen MR) is 115 cm³/mol. The van der Waals surface area contributed by atoms with Crippen molar-refractivity contribution in [2.75, 3.05) is 18.0 Å². The first-order valence-corrected chi connectivity index (χ1v) is 12.0. The number of hydrogen-bond donors (Lipinski definition) is 2. The molecule has 2 N–H and O–H groups in total. The first-order chi connectivity index (χ1) is 15.2. The number of imidazole rings is 1. The summed E-state index contributed by atoms with van der Waals surface area (Å²) in [7, 11) is -3.95. The highest BCUT2D eigenvalue weighted by Gasteiger charge is 2.47. The third-order valence-electron chi connectivity index (χ3n) is 5.81. The highest BCUT2D eigenvalue weighted by atomic mass is 32.2. The van der Waals surface area contributed by atoms with Gasteiger partial charge in [-0.1, -0.05) is 0 Å². The molecular weight excluding hydrogens is 432 g/mol. The number of anilines is 1. The van der Waals surface area contributed by atoms with Crippen molar-refractivity contribution in [2.24, 2.45) is 0 Å². The number of nitrogens with one attached hydrogen (secondary N) is 2. The van der Waals surface area contributed by atoms with Crippen molar-refractivity contribution in [1.82, 2.24) is 29.6 Å². The van der Waals surface area contributed by atoms with Crippen LogP contribution in [0.2, 0.25) is 0 Å². The lowest BCUT2D eigenvalue weighted by atomic mass is 10.1. The van der Waals surface area contributed by atoms with Gasteiger partial charge < -0.3 is 14.6 Å². The molecule has 5 rings (SSSR count). The summed E-state index contributed by atoms with van der Waals surface area (Å²) in [5.74, 6) is 0.946. The Bertz CT molecular complexity index is 1320. The van der Waals surface area contributed by atoms with E-state index < -0.39 is 15.6 Å². The lowest BCUT2D eigenvalue weighted by molar-refractivity contribution is 0.407. The maximum atomic E-state index is 13.2. The zero-order chi connectivity index (χ0) is 22.7. The first kappa shape index (κ1) is 20.9. The number of rotatable bonds is 5. The molecule has 1 aliphatic heterocycles. The fourth-order valence-corrected chi connectivity index (χ4v) is 5.59. The summed E-state index contributed by atoms with van der Waals surface area (Å²) < 4.78 is 36.3. The number of nitriles is 1. The molecule has 0 radical (unpaired) electrons. The average molecular weight is 457 g/mol. The zero-order valence-electron chi connectivity index (χ0n) is 18.0. The third-order valence-corrected chi connectivity index (χ3v) is 7.32. The van der Waals surface area contributed by atoms with Gasteiger partial charge in [0.15, 0.2) is 0 Å². The van der Waals surface area contributed by atoms with Crippen molar-refractivity contribution < 1.29 is 12.8 Å². The molecule has 32 heavy (non-hydrogen) atoms. The largest absolute Gasteiger partial charge is 0.419 e. The number of sulfonamides is 1. The van der Waals surface area contributed by atoms with E-state index in [4.69, 9.17) is 4.42 Å². The van der Waals surface area contributed by atoms with Gasteiger partial charge in [-0.25, -0.2) is 13.4 Å². The monoisotopic (exact) mass is 456 g/mol. The van der Waals surface area contributed by atoms with E-state index in [-0.39, 0.29) is 22.9 Å². The Hall–Kier alpha value is -3.01. The SMILES string of the molecule is Cc1nnc(-c2ncc3c(N4C[C@H](C)N[C@@H](C)C4)cc(S(=O)(=O)NC4(C#N)CC4)cn23)o1. The van der Waals surface area contributed by atoms with Gasteiger partial charge in [0.25, 0.3) is 5.89 Å². The molecule has 3 aromatic heterocycles. The summed E-state index contributed by atoms with van der Waals surface area (Å²) in [6.07, 6.45) is 4.18. The molecule has 168 valence electrons. The Morgan fingerprint density at radius 3 is 2.59 bits per heavy atom. The Morgan fingerprint density at radius 2 is 2.00 bits per heavy atom. The van der Waals surface area contributed by atoms with Gasteiger partial charge in [0.1, 0.15) is 10.4 Å². The van der Waals surface area contributed by atoms with Crippen LogP contribution in [-0.2, 0) is 10.0 Å². The summed E-state index contributed by atoms with van der Waals surface area (Å²) in [4.78, 5) is 6.66. The van der Waals surface area contributed by atoms with Gasteiger partial charge in [0.2, 0.25) is 21.7 Å². The van der Waals surface area contributed by atoms with Crippen LogP contribution >= 0.6 is 0 Å². The molecule has 2 aliphatic rings. The van der Waals surface area contributed by atoms with Gasteiger partial charge in [0, 0.05) is 38.3 Å². The fourth-order valence-electron chi connectivity index (χ4n) is 4.20. The predicted octanol–water partition coefficient (Wildman–Crippen LogP) is 1.21. The van der Waals surface area contributed by atoms with Gasteiger partial charge in [-0.05, 0) is 32.8 Å². The maximum Gasteiger partial charge on any atom is 0.284 e. The van der Waals surface area contributed by atoms with Crippen LogP contribution in [0.25, 0.3) is 17.2 Å². The second-order valence-corrected chi connectivity index (χ2v) is 10.4. The molecule has 2 fully saturated rings. The molecule has 0 bridgehead atoms. The molecule has 0 spiro atoms. The lowest BCUT2D eigenvalue weighted by Gasteiger charge is -2.38. The lowest BCUT2D eigenvalue weighted by Crippen LogP contribution is -2.54. The number of aromatic nitrogens is 4. The van der Waals surface area contributed by atoms with Crippen molar-refractivity contribution in [3.63, 3.8) is 0 Å². The molecule has 3 aromatic rings. The maximum absolute atomic E-state index is 13.2. The van der Waals surface area contributed by atoms with Crippen LogP contribution in [0.1, 0.15) is 32.6 Å². The van der Waals surface area contributed by atoms with Gasteiger partial charge in [-0.2, -0.15) is 9.98 Å². The van der Waals surface area contributed by atoms with E-state index in [1.54, 1.807) is 23.6 Å². The van der Waals surface area contributed by atoms with E-state index in [0.717, 1.165) is 11.2 Å². The van der Waals surface area contributed by atoms with E-state index in [2.05, 4.69) is 50.0 Å². The summed E-state index contributed by atoms with van der Waals surface area (Å²) >= 11 is 0. The van der Waals surface area contributed by atoms with E-state index in [9.17, 15) is 13.7 Å². The number of nitrogens with zero attached hydrogens (tertiary/aromatic N) is 6. The second-order valence-electron chi connectivity index (χ2n) is 8.70. The number of piperazine rings is 1. The summed E-state index contributed by atoms with van der Waals surface area (Å²) in [6, 6.07) is 4.19. The molecule has 12 heteroatoms. The molecule has 2 atom stereocenters. The molecular formula is C20H24N8O3S. The second kappa shape index (κ2) is 7.26. The standard InChI is InChI=1S/C20H24N8O3S/c1-12-8-27(9-13(2)23-12)16-6-15(32(29,30)26-20(11-21)4-5-20)10-28-17(16)7-22-18(28)19-25-24-14(3)31-19/h6-7,10,12-13,23,26H,4-5,8-9H2,1-3H3/t12-,13-/m0/s1. The first-order valence-electron chi connectivity index (χ1n) is 10.5. The van der Waals surface area contributed by atoms with Gasteiger partial charge in [0.05, 0.1) is 23.5 Å². The number of fused-ring (bicyclic) bond motifs is 1. The topological polar surface area (TPSA) is 141 Å². The van der Waals surface area contributed by atoms with Crippen molar-refractivity contribution in [1.29, 1.82) is 5.26 Å². The molecule has 11 nitrogen and oxygen atoms in total. The molecule has 1 saturated carbocycles. The van der Waals surface area contributed by atoms with Crippen LogP contribution in [0, 0.1) is 18.3 Å². The third kappa shape index (κ3) is 3.62. The highest BCUT2D eigenvalue weighted by Crippen LogP contribution is 2.37. The van der Waals surface area contributed by atoms with Crippen LogP contribution in [0.4, 0.5) is 5.69 Å².